The lowest BCUT2D eigenvalue weighted by molar-refractivity contribution is -0.124. The van der Waals surface area contributed by atoms with Gasteiger partial charge >= 0.3 is 5.97 Å². The van der Waals surface area contributed by atoms with Crippen LogP contribution in [0, 0.1) is 11.3 Å². The number of ether oxygens (including phenoxy) is 1. The van der Waals surface area contributed by atoms with Crippen LogP contribution in [0.1, 0.15) is 57.6 Å². The summed E-state index contributed by atoms with van der Waals surface area (Å²) < 4.78 is 5.44. The number of carbonyl (C=O) groups excluding carboxylic acids is 2. The highest BCUT2D eigenvalue weighted by Crippen LogP contribution is 2.42. The van der Waals surface area contributed by atoms with Crippen LogP contribution < -0.4 is 11.1 Å². The molecule has 3 aromatic rings. The number of amides is 1. The quantitative estimate of drug-likeness (QED) is 0.396. The van der Waals surface area contributed by atoms with Crippen LogP contribution in [0.4, 0.5) is 10.7 Å². The Labute approximate surface area is 197 Å². The maximum Gasteiger partial charge on any atom is 0.338 e. The number of nitrogens with one attached hydrogen (secondary N) is 1. The van der Waals surface area contributed by atoms with Gasteiger partial charge in [-0.2, -0.15) is 5.26 Å². The maximum atomic E-state index is 12.9. The summed E-state index contributed by atoms with van der Waals surface area (Å²) in [7, 11) is 0. The van der Waals surface area contributed by atoms with Crippen LogP contribution in [0.3, 0.4) is 0 Å². The van der Waals surface area contributed by atoms with Gasteiger partial charge in [0.2, 0.25) is 0 Å². The van der Waals surface area contributed by atoms with Gasteiger partial charge in [0.25, 0.3) is 5.91 Å². The van der Waals surface area contributed by atoms with Crippen LogP contribution in [0.25, 0.3) is 0 Å². The summed E-state index contributed by atoms with van der Waals surface area (Å²) in [5.74, 6) is -0.624. The van der Waals surface area contributed by atoms with Gasteiger partial charge in [-0.25, -0.2) is 4.79 Å². The molecule has 2 aromatic carbocycles. The van der Waals surface area contributed by atoms with Gasteiger partial charge in [0.15, 0.2) is 6.10 Å². The molecule has 1 amide bonds. The highest BCUT2D eigenvalue weighted by atomic mass is 32.1. The zero-order valence-corrected chi connectivity index (χ0v) is 19.2. The van der Waals surface area contributed by atoms with Crippen molar-refractivity contribution in [3.05, 3.63) is 81.7 Å². The lowest BCUT2D eigenvalue weighted by atomic mass is 9.83. The first kappa shape index (κ1) is 22.6. The number of carbonyl (C=O) groups is 2. The summed E-state index contributed by atoms with van der Waals surface area (Å²) in [6.45, 7) is 1.77. The third kappa shape index (κ3) is 4.91. The Morgan fingerprint density at radius 3 is 2.61 bits per heavy atom. The molecule has 0 aliphatic heterocycles. The first-order valence-electron chi connectivity index (χ1n) is 11.0. The number of nitrogens with two attached hydrogens (primary N) is 1. The number of nitrogen functional groups attached to an aromatic ring is 1. The van der Waals surface area contributed by atoms with E-state index in [2.05, 4.69) is 23.5 Å². The molecule has 7 heteroatoms. The van der Waals surface area contributed by atoms with Crippen molar-refractivity contribution >= 4 is 33.9 Å². The molecule has 0 saturated heterocycles. The second-order valence-electron chi connectivity index (χ2n) is 8.08. The standard InChI is InChI=1S/C26H25N3O3S/c1-2-22(32-26(31)17-8-11-19(28)12-9-17)24(30)29-25-21(15-27)20-13-10-18(14-23(20)33-25)16-6-4-3-5-7-16/h3-9,11-12,18,22H,2,10,13-14,28H2,1H3,(H,29,30). The number of hydrogen-bond donors (Lipinski definition) is 2. The van der Waals surface area contributed by atoms with E-state index >= 15 is 0 Å². The molecule has 4 rings (SSSR count). The molecule has 0 spiro atoms. The second kappa shape index (κ2) is 9.88. The number of anilines is 2. The molecule has 2 unspecified atom stereocenters. The summed E-state index contributed by atoms with van der Waals surface area (Å²) >= 11 is 1.45. The Kier molecular flexibility index (Phi) is 6.76. The molecule has 1 aromatic heterocycles. The third-order valence-electron chi connectivity index (χ3n) is 5.94. The second-order valence-corrected chi connectivity index (χ2v) is 9.19. The minimum atomic E-state index is -0.960. The number of rotatable bonds is 6. The zero-order chi connectivity index (χ0) is 23.4. The fraction of sp³-hybridized carbons (Fsp3) is 0.269. The van der Waals surface area contributed by atoms with Gasteiger partial charge in [-0.05, 0) is 67.0 Å². The Morgan fingerprint density at radius 2 is 1.94 bits per heavy atom. The van der Waals surface area contributed by atoms with Gasteiger partial charge in [-0.3, -0.25) is 4.79 Å². The van der Waals surface area contributed by atoms with Crippen LogP contribution >= 0.6 is 11.3 Å². The Hall–Kier alpha value is -3.63. The highest BCUT2D eigenvalue weighted by molar-refractivity contribution is 7.16. The lowest BCUT2D eigenvalue weighted by Crippen LogP contribution is -2.32. The largest absolute Gasteiger partial charge is 0.449 e. The molecule has 2 atom stereocenters. The molecular formula is C26H25N3O3S. The smallest absolute Gasteiger partial charge is 0.338 e. The van der Waals surface area contributed by atoms with E-state index in [4.69, 9.17) is 10.5 Å². The predicted molar refractivity (Wildman–Crippen MR) is 129 cm³/mol. The van der Waals surface area contributed by atoms with E-state index in [1.54, 1.807) is 31.2 Å². The third-order valence-corrected chi connectivity index (χ3v) is 7.11. The van der Waals surface area contributed by atoms with Gasteiger partial charge in [-0.1, -0.05) is 37.3 Å². The van der Waals surface area contributed by atoms with Gasteiger partial charge in [0.1, 0.15) is 11.1 Å². The zero-order valence-electron chi connectivity index (χ0n) is 18.3. The molecule has 6 nitrogen and oxygen atoms in total. The first-order chi connectivity index (χ1) is 16.0. The van der Waals surface area contributed by atoms with Crippen LogP contribution in [-0.2, 0) is 22.4 Å². The average Bonchev–Trinajstić information content (AvgIpc) is 3.19. The lowest BCUT2D eigenvalue weighted by Gasteiger charge is -2.22. The van der Waals surface area contributed by atoms with Crippen molar-refractivity contribution in [3.63, 3.8) is 0 Å². The summed E-state index contributed by atoms with van der Waals surface area (Å²) in [6, 6.07) is 19.0. The molecule has 0 saturated carbocycles. The van der Waals surface area contributed by atoms with Crippen molar-refractivity contribution in [1.29, 1.82) is 5.26 Å². The molecule has 0 radical (unpaired) electrons. The van der Waals surface area contributed by atoms with E-state index in [-0.39, 0.29) is 0 Å². The highest BCUT2D eigenvalue weighted by Gasteiger charge is 2.29. The number of fused-ring (bicyclic) bond motifs is 1. The number of nitrogens with zero attached hydrogens (tertiary/aromatic N) is 1. The SMILES string of the molecule is CCC(OC(=O)c1ccc(N)cc1)C(=O)Nc1sc2c(c1C#N)CCC(c1ccccc1)C2. The van der Waals surface area contributed by atoms with E-state index in [0.29, 0.717) is 34.2 Å². The molecule has 33 heavy (non-hydrogen) atoms. The normalized spacial score (nSPS) is 15.7. The molecule has 1 heterocycles. The predicted octanol–water partition coefficient (Wildman–Crippen LogP) is 5.05. The summed E-state index contributed by atoms with van der Waals surface area (Å²) in [4.78, 5) is 26.5. The topological polar surface area (TPSA) is 105 Å². The van der Waals surface area contributed by atoms with Crippen LogP contribution in [0.2, 0.25) is 0 Å². The molecule has 3 N–H and O–H groups in total. The van der Waals surface area contributed by atoms with Crippen molar-refractivity contribution in [2.75, 3.05) is 11.1 Å². The number of esters is 1. The summed E-state index contributed by atoms with van der Waals surface area (Å²) in [6.07, 6.45) is 1.96. The number of benzene rings is 2. The monoisotopic (exact) mass is 459 g/mol. The van der Waals surface area contributed by atoms with E-state index < -0.39 is 18.0 Å². The fourth-order valence-electron chi connectivity index (χ4n) is 4.13. The van der Waals surface area contributed by atoms with Gasteiger partial charge in [-0.15, -0.1) is 11.3 Å². The van der Waals surface area contributed by atoms with Gasteiger partial charge in [0.05, 0.1) is 11.1 Å². The van der Waals surface area contributed by atoms with Crippen molar-refractivity contribution in [2.24, 2.45) is 0 Å². The molecule has 168 valence electrons. The van der Waals surface area contributed by atoms with Gasteiger partial charge < -0.3 is 15.8 Å². The van der Waals surface area contributed by atoms with Crippen molar-refractivity contribution < 1.29 is 14.3 Å². The first-order valence-corrected chi connectivity index (χ1v) is 11.8. The molecule has 1 aliphatic rings. The molecule has 1 aliphatic carbocycles. The van der Waals surface area contributed by atoms with Crippen LogP contribution in [-0.4, -0.2) is 18.0 Å². The molecular weight excluding hydrogens is 434 g/mol. The fourth-order valence-corrected chi connectivity index (χ4v) is 5.41. The number of hydrogen-bond acceptors (Lipinski definition) is 6. The van der Waals surface area contributed by atoms with E-state index in [1.165, 1.54) is 16.9 Å². The minimum Gasteiger partial charge on any atom is -0.449 e. The average molecular weight is 460 g/mol. The minimum absolute atomic E-state index is 0.315. The Morgan fingerprint density at radius 1 is 1.21 bits per heavy atom. The van der Waals surface area contributed by atoms with Crippen molar-refractivity contribution in [1.82, 2.24) is 0 Å². The summed E-state index contributed by atoms with van der Waals surface area (Å²) in [5.41, 5.74) is 9.36. The van der Waals surface area contributed by atoms with Crippen molar-refractivity contribution in [2.45, 2.75) is 44.6 Å². The number of thiophene rings is 1. The molecule has 0 fully saturated rings. The Bertz CT molecular complexity index is 1200. The maximum absolute atomic E-state index is 12.9. The molecule has 0 bridgehead atoms. The van der Waals surface area contributed by atoms with E-state index in [0.717, 1.165) is 29.7 Å². The number of nitriles is 1. The Balaban J connectivity index is 1.48. The van der Waals surface area contributed by atoms with Gasteiger partial charge in [0, 0.05) is 10.6 Å². The van der Waals surface area contributed by atoms with E-state index in [9.17, 15) is 14.9 Å². The van der Waals surface area contributed by atoms with Crippen molar-refractivity contribution in [3.8, 4) is 6.07 Å². The van der Waals surface area contributed by atoms with E-state index in [1.807, 2.05) is 18.2 Å². The van der Waals surface area contributed by atoms with Crippen LogP contribution in [0.5, 0.6) is 0 Å². The summed E-state index contributed by atoms with van der Waals surface area (Å²) in [5, 5.41) is 13.2. The van der Waals surface area contributed by atoms with Crippen LogP contribution in [0.15, 0.2) is 54.6 Å².